The zero-order valence-electron chi connectivity index (χ0n) is 16.0. The number of hydrogen-bond acceptors (Lipinski definition) is 7. The number of rotatable bonds is 6. The maximum atomic E-state index is 12.5. The first-order chi connectivity index (χ1) is 12.6. The number of ether oxygens (including phenoxy) is 3. The predicted molar refractivity (Wildman–Crippen MR) is 96.4 cm³/mol. The van der Waals surface area contributed by atoms with Crippen LogP contribution in [0.4, 0.5) is 0 Å². The van der Waals surface area contributed by atoms with Gasteiger partial charge < -0.3 is 14.2 Å². The summed E-state index contributed by atoms with van der Waals surface area (Å²) in [5.41, 5.74) is 0.972. The van der Waals surface area contributed by atoms with E-state index in [-0.39, 0.29) is 48.1 Å². The van der Waals surface area contributed by atoms with Gasteiger partial charge in [0.05, 0.1) is 30.3 Å². The molecule has 1 saturated heterocycles. The molecule has 27 heavy (non-hydrogen) atoms. The quantitative estimate of drug-likeness (QED) is 0.537. The van der Waals surface area contributed by atoms with Gasteiger partial charge in [0.1, 0.15) is 0 Å². The summed E-state index contributed by atoms with van der Waals surface area (Å²) in [4.78, 5) is 11.3. The van der Waals surface area contributed by atoms with Gasteiger partial charge in [0.2, 0.25) is 0 Å². The average Bonchev–Trinajstić information content (AvgIpc) is 3.05. The standard InChI is InChI=1S/C19H26O7S/c1-12-5-7-16(8-6-12)27(21,22)24-11-15-9-14(10-23-13(2)20)17-18(15)26-19(3,4)25-17/h5-8,14-15,17-18H,9-11H2,1-4H3/t14-,15+,17-,18+/m1/s1. The molecular weight excluding hydrogens is 372 g/mol. The molecule has 1 heterocycles. The molecule has 8 heteroatoms. The van der Waals surface area contributed by atoms with E-state index in [0.717, 1.165) is 5.56 Å². The lowest BCUT2D eigenvalue weighted by atomic mass is 10.1. The molecule has 1 aliphatic heterocycles. The lowest BCUT2D eigenvalue weighted by Crippen LogP contribution is -2.29. The Labute approximate surface area is 160 Å². The first kappa shape index (κ1) is 20.3. The fourth-order valence-electron chi connectivity index (χ4n) is 3.70. The molecule has 2 fully saturated rings. The third-order valence-electron chi connectivity index (χ3n) is 4.95. The normalized spacial score (nSPS) is 29.5. The number of hydrogen-bond donors (Lipinski definition) is 0. The second kappa shape index (κ2) is 7.50. The van der Waals surface area contributed by atoms with Crippen LogP contribution in [0.2, 0.25) is 0 Å². The highest BCUT2D eigenvalue weighted by atomic mass is 32.2. The Morgan fingerprint density at radius 2 is 1.67 bits per heavy atom. The van der Waals surface area contributed by atoms with Gasteiger partial charge in [-0.15, -0.1) is 0 Å². The molecule has 1 aromatic carbocycles. The summed E-state index contributed by atoms with van der Waals surface area (Å²) in [7, 11) is -3.85. The summed E-state index contributed by atoms with van der Waals surface area (Å²) in [5.74, 6) is -1.35. The van der Waals surface area contributed by atoms with Gasteiger partial charge in [0.15, 0.2) is 5.79 Å². The van der Waals surface area contributed by atoms with Crippen molar-refractivity contribution in [2.24, 2.45) is 11.8 Å². The minimum absolute atomic E-state index is 0.00656. The zero-order valence-corrected chi connectivity index (χ0v) is 16.8. The molecule has 0 N–H and O–H groups in total. The first-order valence-corrected chi connectivity index (χ1v) is 10.4. The lowest BCUT2D eigenvalue weighted by molar-refractivity contribution is -0.166. The second-order valence-electron chi connectivity index (χ2n) is 7.67. The maximum absolute atomic E-state index is 12.5. The van der Waals surface area contributed by atoms with E-state index in [1.807, 2.05) is 20.8 Å². The van der Waals surface area contributed by atoms with Gasteiger partial charge in [0, 0.05) is 18.8 Å². The van der Waals surface area contributed by atoms with Crippen LogP contribution in [0.3, 0.4) is 0 Å². The van der Waals surface area contributed by atoms with Crippen molar-refractivity contribution in [1.29, 1.82) is 0 Å². The van der Waals surface area contributed by atoms with Gasteiger partial charge >= 0.3 is 5.97 Å². The third-order valence-corrected chi connectivity index (χ3v) is 6.24. The van der Waals surface area contributed by atoms with E-state index >= 15 is 0 Å². The van der Waals surface area contributed by atoms with E-state index < -0.39 is 15.9 Å². The van der Waals surface area contributed by atoms with Crippen LogP contribution >= 0.6 is 0 Å². The molecule has 0 amide bonds. The summed E-state index contributed by atoms with van der Waals surface area (Å²) in [5, 5.41) is 0. The van der Waals surface area contributed by atoms with Gasteiger partial charge in [-0.3, -0.25) is 8.98 Å². The van der Waals surface area contributed by atoms with Crippen LogP contribution in [0.1, 0.15) is 32.8 Å². The Hall–Kier alpha value is -1.48. The first-order valence-electron chi connectivity index (χ1n) is 9.02. The van der Waals surface area contributed by atoms with Crippen molar-refractivity contribution in [3.05, 3.63) is 29.8 Å². The third kappa shape index (κ3) is 4.68. The van der Waals surface area contributed by atoms with Crippen molar-refractivity contribution >= 4 is 16.1 Å². The Morgan fingerprint density at radius 1 is 1.11 bits per heavy atom. The van der Waals surface area contributed by atoms with Crippen LogP contribution in [-0.4, -0.2) is 45.6 Å². The molecule has 0 aromatic heterocycles. The van der Waals surface area contributed by atoms with E-state index in [9.17, 15) is 13.2 Å². The number of fused-ring (bicyclic) bond motifs is 1. The SMILES string of the molecule is CC(=O)OC[C@H]1C[C@@H](COS(=O)(=O)c2ccc(C)cc2)[C@@H]2OC(C)(C)O[C@H]12. The molecule has 3 rings (SSSR count). The van der Waals surface area contributed by atoms with E-state index in [0.29, 0.717) is 6.42 Å². The molecule has 1 aromatic rings. The fraction of sp³-hybridized carbons (Fsp3) is 0.632. The highest BCUT2D eigenvalue weighted by molar-refractivity contribution is 7.86. The number of benzene rings is 1. The molecule has 7 nitrogen and oxygen atoms in total. The van der Waals surface area contributed by atoms with E-state index in [1.165, 1.54) is 19.1 Å². The van der Waals surface area contributed by atoms with Crippen LogP contribution in [-0.2, 0) is 33.3 Å². The second-order valence-corrected chi connectivity index (χ2v) is 9.29. The fourth-order valence-corrected chi connectivity index (χ4v) is 4.66. The summed E-state index contributed by atoms with van der Waals surface area (Å²) in [6, 6.07) is 6.52. The largest absolute Gasteiger partial charge is 0.465 e. The lowest BCUT2D eigenvalue weighted by Gasteiger charge is -2.23. The van der Waals surface area contributed by atoms with Gasteiger partial charge in [-0.1, -0.05) is 17.7 Å². The topological polar surface area (TPSA) is 88.1 Å². The van der Waals surface area contributed by atoms with Gasteiger partial charge in [-0.05, 0) is 39.3 Å². The molecule has 4 atom stereocenters. The van der Waals surface area contributed by atoms with Crippen LogP contribution in [0.25, 0.3) is 0 Å². The van der Waals surface area contributed by atoms with Crippen LogP contribution < -0.4 is 0 Å². The molecule has 0 unspecified atom stereocenters. The Morgan fingerprint density at radius 3 is 2.22 bits per heavy atom. The van der Waals surface area contributed by atoms with E-state index in [4.69, 9.17) is 18.4 Å². The van der Waals surface area contributed by atoms with Crippen LogP contribution in [0, 0.1) is 18.8 Å². The number of carbonyl (C=O) groups excluding carboxylic acids is 1. The Bertz CT molecular complexity index is 785. The van der Waals surface area contributed by atoms with Crippen molar-refractivity contribution < 1.29 is 31.6 Å². The maximum Gasteiger partial charge on any atom is 0.302 e. The van der Waals surface area contributed by atoms with Crippen molar-refractivity contribution in [2.75, 3.05) is 13.2 Å². The summed E-state index contributed by atoms with van der Waals surface area (Å²) < 4.78 is 47.3. The Balaban J connectivity index is 1.68. The van der Waals surface area contributed by atoms with Gasteiger partial charge in [0.25, 0.3) is 10.1 Å². The Kier molecular flexibility index (Phi) is 5.63. The van der Waals surface area contributed by atoms with E-state index in [1.54, 1.807) is 12.1 Å². The van der Waals surface area contributed by atoms with Gasteiger partial charge in [-0.2, -0.15) is 8.42 Å². The van der Waals surface area contributed by atoms with Crippen LogP contribution in [0.5, 0.6) is 0 Å². The zero-order chi connectivity index (χ0) is 19.8. The molecule has 0 bridgehead atoms. The highest BCUT2D eigenvalue weighted by Gasteiger charge is 2.54. The molecule has 0 radical (unpaired) electrons. The molecule has 0 spiro atoms. The number of carbonyl (C=O) groups is 1. The number of esters is 1. The van der Waals surface area contributed by atoms with Crippen molar-refractivity contribution in [2.45, 2.75) is 57.0 Å². The number of aryl methyl sites for hydroxylation is 1. The monoisotopic (exact) mass is 398 g/mol. The highest BCUT2D eigenvalue weighted by Crippen LogP contribution is 2.45. The summed E-state index contributed by atoms with van der Waals surface area (Å²) >= 11 is 0. The summed E-state index contributed by atoms with van der Waals surface area (Å²) in [6.45, 7) is 7.09. The van der Waals surface area contributed by atoms with Crippen LogP contribution in [0.15, 0.2) is 29.2 Å². The average molecular weight is 398 g/mol. The molecule has 1 aliphatic carbocycles. The van der Waals surface area contributed by atoms with Crippen molar-refractivity contribution in [1.82, 2.24) is 0 Å². The van der Waals surface area contributed by atoms with Crippen molar-refractivity contribution in [3.63, 3.8) is 0 Å². The van der Waals surface area contributed by atoms with Gasteiger partial charge in [-0.25, -0.2) is 0 Å². The predicted octanol–water partition coefficient (Wildman–Crippen LogP) is 2.42. The molecule has 150 valence electrons. The molecular formula is C19H26O7S. The minimum Gasteiger partial charge on any atom is -0.465 e. The van der Waals surface area contributed by atoms with Crippen molar-refractivity contribution in [3.8, 4) is 0 Å². The molecule has 2 aliphatic rings. The minimum atomic E-state index is -3.85. The summed E-state index contributed by atoms with van der Waals surface area (Å²) in [6.07, 6.45) is 0.0473. The molecule has 1 saturated carbocycles. The van der Waals surface area contributed by atoms with E-state index in [2.05, 4.69) is 0 Å². The smallest absolute Gasteiger partial charge is 0.302 e.